The predicted molar refractivity (Wildman–Crippen MR) is 72.8 cm³/mol. The first-order valence-electron chi connectivity index (χ1n) is 6.34. The smallest absolute Gasteiger partial charge is 0.224 e. The molecule has 2 heterocycles. The summed E-state index contributed by atoms with van der Waals surface area (Å²) in [6.45, 7) is 4.07. The Morgan fingerprint density at radius 2 is 2.26 bits per heavy atom. The summed E-state index contributed by atoms with van der Waals surface area (Å²) in [7, 11) is 0. The number of nitriles is 1. The van der Waals surface area contributed by atoms with Crippen LogP contribution in [0.25, 0.3) is 0 Å². The molecular formula is C13H17N3O2S. The second-order valence-corrected chi connectivity index (χ2v) is 5.47. The second-order valence-electron chi connectivity index (χ2n) is 4.30. The van der Waals surface area contributed by atoms with Gasteiger partial charge in [0.25, 0.3) is 0 Å². The second kappa shape index (κ2) is 7.24. The van der Waals surface area contributed by atoms with E-state index in [0.717, 1.165) is 9.75 Å². The zero-order valence-corrected chi connectivity index (χ0v) is 11.5. The average Bonchev–Trinajstić information content (AvgIpc) is 2.92. The first kappa shape index (κ1) is 14.0. The van der Waals surface area contributed by atoms with Crippen LogP contribution >= 0.6 is 11.3 Å². The largest absolute Gasteiger partial charge is 0.378 e. The van der Waals surface area contributed by atoms with E-state index in [0.29, 0.717) is 45.8 Å². The van der Waals surface area contributed by atoms with E-state index in [2.05, 4.69) is 11.4 Å². The van der Waals surface area contributed by atoms with E-state index < -0.39 is 0 Å². The van der Waals surface area contributed by atoms with E-state index in [-0.39, 0.29) is 5.91 Å². The highest BCUT2D eigenvalue weighted by Gasteiger charge is 2.15. The van der Waals surface area contributed by atoms with Gasteiger partial charge in [-0.1, -0.05) is 0 Å². The Kier molecular flexibility index (Phi) is 5.33. The van der Waals surface area contributed by atoms with Gasteiger partial charge in [0.2, 0.25) is 5.91 Å². The summed E-state index contributed by atoms with van der Waals surface area (Å²) in [4.78, 5) is 15.5. The summed E-state index contributed by atoms with van der Waals surface area (Å²) in [6, 6.07) is 5.88. The summed E-state index contributed by atoms with van der Waals surface area (Å²) >= 11 is 1.48. The first-order chi connectivity index (χ1) is 9.29. The molecule has 19 heavy (non-hydrogen) atoms. The lowest BCUT2D eigenvalue weighted by molar-refractivity contribution is -0.135. The minimum atomic E-state index is 0.180. The lowest BCUT2D eigenvalue weighted by Crippen LogP contribution is -2.41. The zero-order valence-electron chi connectivity index (χ0n) is 10.7. The van der Waals surface area contributed by atoms with E-state index in [1.54, 1.807) is 0 Å². The number of ether oxygens (including phenoxy) is 1. The van der Waals surface area contributed by atoms with Crippen molar-refractivity contribution in [2.75, 3.05) is 32.8 Å². The summed E-state index contributed by atoms with van der Waals surface area (Å²) in [5.41, 5.74) is 0. The van der Waals surface area contributed by atoms with Gasteiger partial charge in [-0.15, -0.1) is 11.3 Å². The van der Waals surface area contributed by atoms with Gasteiger partial charge >= 0.3 is 0 Å². The van der Waals surface area contributed by atoms with Crippen LogP contribution in [0.15, 0.2) is 12.1 Å². The molecule has 0 spiro atoms. The molecule has 6 heteroatoms. The van der Waals surface area contributed by atoms with Gasteiger partial charge in [-0.05, 0) is 12.1 Å². The van der Waals surface area contributed by atoms with Crippen LogP contribution in [0.2, 0.25) is 0 Å². The number of carbonyl (C=O) groups excluding carboxylic acids is 1. The fourth-order valence-corrected chi connectivity index (χ4v) is 2.69. The molecule has 1 aromatic heterocycles. The monoisotopic (exact) mass is 279 g/mol. The van der Waals surface area contributed by atoms with E-state index >= 15 is 0 Å². The molecule has 1 N–H and O–H groups in total. The normalized spacial score (nSPS) is 15.2. The molecule has 1 saturated heterocycles. The molecule has 1 aromatic rings. The number of hydrogen-bond donors (Lipinski definition) is 1. The van der Waals surface area contributed by atoms with Crippen molar-refractivity contribution < 1.29 is 9.53 Å². The topological polar surface area (TPSA) is 65.4 Å². The standard InChI is InChI=1S/C13H17N3O2S/c14-9-11-1-2-12(19-11)10-15-4-3-13(17)16-5-7-18-8-6-16/h1-2,15H,3-8,10H2. The highest BCUT2D eigenvalue weighted by atomic mass is 32.1. The van der Waals surface area contributed by atoms with Crippen molar-refractivity contribution in [3.8, 4) is 6.07 Å². The van der Waals surface area contributed by atoms with Gasteiger partial charge in [-0.2, -0.15) is 5.26 Å². The van der Waals surface area contributed by atoms with Gasteiger partial charge < -0.3 is 15.0 Å². The Bertz CT molecular complexity index is 461. The molecule has 0 atom stereocenters. The van der Waals surface area contributed by atoms with Gasteiger partial charge in [0, 0.05) is 37.5 Å². The van der Waals surface area contributed by atoms with Crippen molar-refractivity contribution in [2.24, 2.45) is 0 Å². The molecule has 1 fully saturated rings. The Hall–Kier alpha value is -1.42. The summed E-state index contributed by atoms with van der Waals surface area (Å²) in [5, 5.41) is 12.0. The van der Waals surface area contributed by atoms with Gasteiger partial charge in [0.15, 0.2) is 0 Å². The number of rotatable bonds is 5. The van der Waals surface area contributed by atoms with Crippen LogP contribution in [0.1, 0.15) is 16.2 Å². The van der Waals surface area contributed by atoms with Crippen molar-refractivity contribution in [3.63, 3.8) is 0 Å². The highest BCUT2D eigenvalue weighted by molar-refractivity contribution is 7.12. The average molecular weight is 279 g/mol. The molecule has 1 amide bonds. The van der Waals surface area contributed by atoms with Gasteiger partial charge in [0.1, 0.15) is 10.9 Å². The molecule has 2 rings (SSSR count). The maximum atomic E-state index is 11.8. The third-order valence-electron chi connectivity index (χ3n) is 2.95. The molecule has 0 unspecified atom stereocenters. The minimum absolute atomic E-state index is 0.180. The maximum absolute atomic E-state index is 11.8. The van der Waals surface area contributed by atoms with Crippen LogP contribution < -0.4 is 5.32 Å². The fraction of sp³-hybridized carbons (Fsp3) is 0.538. The van der Waals surface area contributed by atoms with Crippen molar-refractivity contribution in [1.82, 2.24) is 10.2 Å². The number of amides is 1. The number of nitrogens with zero attached hydrogens (tertiary/aromatic N) is 2. The first-order valence-corrected chi connectivity index (χ1v) is 7.16. The Balaban J connectivity index is 1.63. The van der Waals surface area contributed by atoms with Crippen LogP contribution in [0, 0.1) is 11.3 Å². The molecular weight excluding hydrogens is 262 g/mol. The third kappa shape index (κ3) is 4.31. The van der Waals surface area contributed by atoms with Crippen LogP contribution in [0.4, 0.5) is 0 Å². The summed E-state index contributed by atoms with van der Waals surface area (Å²) in [5.74, 6) is 0.180. The molecule has 0 bridgehead atoms. The lowest BCUT2D eigenvalue weighted by atomic mass is 10.3. The third-order valence-corrected chi connectivity index (χ3v) is 3.94. The van der Waals surface area contributed by atoms with Crippen LogP contribution in [0.5, 0.6) is 0 Å². The highest BCUT2D eigenvalue weighted by Crippen LogP contribution is 2.14. The molecule has 102 valence electrons. The molecule has 0 saturated carbocycles. The van der Waals surface area contributed by atoms with Crippen molar-refractivity contribution >= 4 is 17.2 Å². The Labute approximate surface area is 116 Å². The molecule has 1 aliphatic heterocycles. The van der Waals surface area contributed by atoms with Gasteiger partial charge in [0.05, 0.1) is 13.2 Å². The molecule has 0 aliphatic carbocycles. The number of carbonyl (C=O) groups is 1. The fourth-order valence-electron chi connectivity index (χ4n) is 1.91. The van der Waals surface area contributed by atoms with Crippen LogP contribution in [-0.2, 0) is 16.1 Å². The quantitative estimate of drug-likeness (QED) is 0.815. The zero-order chi connectivity index (χ0) is 13.5. The van der Waals surface area contributed by atoms with Crippen molar-refractivity contribution in [3.05, 3.63) is 21.9 Å². The summed E-state index contributed by atoms with van der Waals surface area (Å²) < 4.78 is 5.21. The Morgan fingerprint density at radius 3 is 2.95 bits per heavy atom. The predicted octanol–water partition coefficient (Wildman–Crippen LogP) is 0.958. The van der Waals surface area contributed by atoms with E-state index in [4.69, 9.17) is 10.00 Å². The number of thiophene rings is 1. The van der Waals surface area contributed by atoms with Gasteiger partial charge in [-0.3, -0.25) is 4.79 Å². The van der Waals surface area contributed by atoms with Gasteiger partial charge in [-0.25, -0.2) is 0 Å². The van der Waals surface area contributed by atoms with Crippen molar-refractivity contribution in [1.29, 1.82) is 5.26 Å². The molecule has 0 aromatic carbocycles. The summed E-state index contributed by atoms with van der Waals surface area (Å²) in [6.07, 6.45) is 0.510. The van der Waals surface area contributed by atoms with E-state index in [9.17, 15) is 4.79 Å². The lowest BCUT2D eigenvalue weighted by Gasteiger charge is -2.26. The van der Waals surface area contributed by atoms with E-state index in [1.165, 1.54) is 11.3 Å². The van der Waals surface area contributed by atoms with Crippen molar-refractivity contribution in [2.45, 2.75) is 13.0 Å². The number of morpholine rings is 1. The number of nitrogens with one attached hydrogen (secondary N) is 1. The SMILES string of the molecule is N#Cc1ccc(CNCCC(=O)N2CCOCC2)s1. The minimum Gasteiger partial charge on any atom is -0.378 e. The Morgan fingerprint density at radius 1 is 1.47 bits per heavy atom. The number of hydrogen-bond acceptors (Lipinski definition) is 5. The van der Waals surface area contributed by atoms with E-state index in [1.807, 2.05) is 17.0 Å². The molecule has 0 radical (unpaired) electrons. The molecule has 1 aliphatic rings. The van der Waals surface area contributed by atoms with Crippen LogP contribution in [0.3, 0.4) is 0 Å². The van der Waals surface area contributed by atoms with Crippen LogP contribution in [-0.4, -0.2) is 43.7 Å². The molecule has 5 nitrogen and oxygen atoms in total. The maximum Gasteiger partial charge on any atom is 0.224 e.